The number of nitriles is 1. The van der Waals surface area contributed by atoms with Crippen LogP contribution in [0.2, 0.25) is 0 Å². The van der Waals surface area contributed by atoms with Gasteiger partial charge in [0.2, 0.25) is 0 Å². The maximum Gasteiger partial charge on any atom is 0.194 e. The third-order valence-electron chi connectivity index (χ3n) is 2.23. The molecular weight excluding hydrogens is 220 g/mol. The van der Waals surface area contributed by atoms with Crippen LogP contribution in [0.5, 0.6) is 5.75 Å². The largest absolute Gasteiger partial charge is 0.496 e. The first kappa shape index (κ1) is 10.7. The lowest BCUT2D eigenvalue weighted by molar-refractivity contribution is 0.416. The lowest BCUT2D eigenvalue weighted by Gasteiger charge is -2.06. The van der Waals surface area contributed by atoms with Crippen molar-refractivity contribution in [2.24, 2.45) is 0 Å². The van der Waals surface area contributed by atoms with Crippen molar-refractivity contribution in [2.75, 3.05) is 7.11 Å². The highest BCUT2D eigenvalue weighted by atomic mass is 32.1. The summed E-state index contributed by atoms with van der Waals surface area (Å²) in [6.07, 6.45) is 0. The second-order valence-electron chi connectivity index (χ2n) is 3.35. The summed E-state index contributed by atoms with van der Waals surface area (Å²) in [7, 11) is 1.63. The Kier molecular flexibility index (Phi) is 2.88. The van der Waals surface area contributed by atoms with E-state index >= 15 is 0 Å². The normalized spacial score (nSPS) is 9.81. The van der Waals surface area contributed by atoms with Gasteiger partial charge in [0.25, 0.3) is 0 Å². The van der Waals surface area contributed by atoms with Gasteiger partial charge >= 0.3 is 0 Å². The molecule has 0 spiro atoms. The van der Waals surface area contributed by atoms with Crippen LogP contribution >= 0.6 is 11.3 Å². The predicted molar refractivity (Wildman–Crippen MR) is 63.6 cm³/mol. The summed E-state index contributed by atoms with van der Waals surface area (Å²) in [6, 6.07) is 7.94. The number of hydrogen-bond acceptors (Lipinski definition) is 4. The Hall–Kier alpha value is -1.86. The van der Waals surface area contributed by atoms with Crippen molar-refractivity contribution < 1.29 is 4.74 Å². The van der Waals surface area contributed by atoms with Crippen molar-refractivity contribution in [3.8, 4) is 23.1 Å². The van der Waals surface area contributed by atoms with E-state index in [-0.39, 0.29) is 0 Å². The zero-order chi connectivity index (χ0) is 11.5. The molecule has 0 N–H and O–H groups in total. The van der Waals surface area contributed by atoms with Crippen molar-refractivity contribution in [1.29, 1.82) is 5.26 Å². The van der Waals surface area contributed by atoms with E-state index in [9.17, 15) is 0 Å². The molecule has 0 saturated carbocycles. The fraction of sp³-hybridized carbons (Fsp3) is 0.167. The minimum Gasteiger partial charge on any atom is -0.496 e. The van der Waals surface area contributed by atoms with Crippen LogP contribution < -0.4 is 4.74 Å². The lowest BCUT2D eigenvalue weighted by Crippen LogP contribution is -1.89. The van der Waals surface area contributed by atoms with E-state index < -0.39 is 0 Å². The second kappa shape index (κ2) is 4.33. The van der Waals surface area contributed by atoms with Gasteiger partial charge in [0.15, 0.2) is 5.01 Å². The number of aromatic nitrogens is 1. The topological polar surface area (TPSA) is 45.9 Å². The Bertz CT molecular complexity index is 554. The summed E-state index contributed by atoms with van der Waals surface area (Å²) >= 11 is 1.34. The molecule has 0 aliphatic carbocycles. The monoisotopic (exact) mass is 230 g/mol. The Morgan fingerprint density at radius 3 is 2.88 bits per heavy atom. The van der Waals surface area contributed by atoms with Crippen LogP contribution in [0, 0.1) is 18.3 Å². The van der Waals surface area contributed by atoms with Crippen LogP contribution in [-0.4, -0.2) is 12.1 Å². The summed E-state index contributed by atoms with van der Waals surface area (Å²) in [6.45, 7) is 2.01. The fourth-order valence-corrected chi connectivity index (χ4v) is 2.08. The average Bonchev–Trinajstić information content (AvgIpc) is 2.77. The van der Waals surface area contributed by atoms with E-state index in [2.05, 4.69) is 4.98 Å². The van der Waals surface area contributed by atoms with Crippen molar-refractivity contribution in [2.45, 2.75) is 6.92 Å². The Morgan fingerprint density at radius 2 is 2.25 bits per heavy atom. The molecule has 2 rings (SSSR count). The predicted octanol–water partition coefficient (Wildman–Crippen LogP) is 3.00. The van der Waals surface area contributed by atoms with Crippen LogP contribution in [0.3, 0.4) is 0 Å². The molecule has 0 aliphatic rings. The molecular formula is C12H10N2OS. The number of benzene rings is 1. The van der Waals surface area contributed by atoms with E-state index in [1.165, 1.54) is 11.3 Å². The quantitative estimate of drug-likeness (QED) is 0.796. The summed E-state index contributed by atoms with van der Waals surface area (Å²) in [5.74, 6) is 0.778. The standard InChI is InChI=1S/C12H10N2OS/c1-8-3-4-11(15-2)9(5-8)10-7-16-12(6-13)14-10/h3-5,7H,1-2H3. The van der Waals surface area contributed by atoms with E-state index in [1.54, 1.807) is 7.11 Å². The molecule has 0 unspecified atom stereocenters. The van der Waals surface area contributed by atoms with E-state index in [4.69, 9.17) is 10.00 Å². The van der Waals surface area contributed by atoms with Gasteiger partial charge in [0.05, 0.1) is 12.8 Å². The number of ether oxygens (including phenoxy) is 1. The number of methoxy groups -OCH3 is 1. The average molecular weight is 230 g/mol. The van der Waals surface area contributed by atoms with Gasteiger partial charge in [0, 0.05) is 10.9 Å². The van der Waals surface area contributed by atoms with E-state index in [0.717, 1.165) is 22.6 Å². The van der Waals surface area contributed by atoms with E-state index in [1.807, 2.05) is 36.6 Å². The van der Waals surface area contributed by atoms with Gasteiger partial charge in [0.1, 0.15) is 11.8 Å². The van der Waals surface area contributed by atoms with Crippen molar-refractivity contribution in [1.82, 2.24) is 4.98 Å². The first-order chi connectivity index (χ1) is 7.74. The summed E-state index contributed by atoms with van der Waals surface area (Å²) in [5, 5.41) is 11.1. The number of hydrogen-bond donors (Lipinski definition) is 0. The van der Waals surface area contributed by atoms with E-state index in [0.29, 0.717) is 5.01 Å². The molecule has 0 saturated heterocycles. The van der Waals surface area contributed by atoms with Crippen LogP contribution in [0.15, 0.2) is 23.6 Å². The molecule has 3 nitrogen and oxygen atoms in total. The molecule has 0 amide bonds. The molecule has 0 atom stereocenters. The van der Waals surface area contributed by atoms with Gasteiger partial charge in [-0.25, -0.2) is 4.98 Å². The van der Waals surface area contributed by atoms with Crippen molar-refractivity contribution in [3.05, 3.63) is 34.2 Å². The van der Waals surface area contributed by atoms with Gasteiger partial charge in [-0.3, -0.25) is 0 Å². The van der Waals surface area contributed by atoms with Crippen LogP contribution in [0.1, 0.15) is 10.6 Å². The van der Waals surface area contributed by atoms with Crippen molar-refractivity contribution >= 4 is 11.3 Å². The van der Waals surface area contributed by atoms with Crippen LogP contribution in [0.4, 0.5) is 0 Å². The summed E-state index contributed by atoms with van der Waals surface area (Å²) in [4.78, 5) is 4.23. The Morgan fingerprint density at radius 1 is 1.44 bits per heavy atom. The molecule has 1 aromatic heterocycles. The summed E-state index contributed by atoms with van der Waals surface area (Å²) < 4.78 is 5.28. The van der Waals surface area contributed by atoms with Gasteiger partial charge < -0.3 is 4.74 Å². The van der Waals surface area contributed by atoms with Gasteiger partial charge in [-0.1, -0.05) is 11.6 Å². The maximum atomic E-state index is 8.75. The zero-order valence-electron chi connectivity index (χ0n) is 9.02. The first-order valence-corrected chi connectivity index (χ1v) is 5.63. The maximum absolute atomic E-state index is 8.75. The second-order valence-corrected chi connectivity index (χ2v) is 4.21. The molecule has 0 radical (unpaired) electrons. The third kappa shape index (κ3) is 1.90. The molecule has 1 aromatic carbocycles. The number of rotatable bonds is 2. The number of aryl methyl sites for hydroxylation is 1. The molecule has 2 aromatic rings. The Labute approximate surface area is 97.9 Å². The third-order valence-corrected chi connectivity index (χ3v) is 2.98. The number of thiazole rings is 1. The van der Waals surface area contributed by atoms with Crippen molar-refractivity contribution in [3.63, 3.8) is 0 Å². The first-order valence-electron chi connectivity index (χ1n) is 4.75. The molecule has 1 heterocycles. The van der Waals surface area contributed by atoms with Crippen LogP contribution in [-0.2, 0) is 0 Å². The lowest BCUT2D eigenvalue weighted by atomic mass is 10.1. The molecule has 16 heavy (non-hydrogen) atoms. The molecule has 0 bridgehead atoms. The molecule has 0 fully saturated rings. The highest BCUT2D eigenvalue weighted by Crippen LogP contribution is 2.31. The SMILES string of the molecule is COc1ccc(C)cc1-c1csc(C#N)n1. The highest BCUT2D eigenvalue weighted by Gasteiger charge is 2.09. The minimum absolute atomic E-state index is 0.471. The molecule has 4 heteroatoms. The highest BCUT2D eigenvalue weighted by molar-refractivity contribution is 7.10. The van der Waals surface area contributed by atoms with Gasteiger partial charge in [-0.2, -0.15) is 5.26 Å². The molecule has 80 valence electrons. The minimum atomic E-state index is 0.471. The van der Waals surface area contributed by atoms with Gasteiger partial charge in [-0.15, -0.1) is 11.3 Å². The smallest absolute Gasteiger partial charge is 0.194 e. The Balaban J connectivity index is 2.54. The van der Waals surface area contributed by atoms with Crippen LogP contribution in [0.25, 0.3) is 11.3 Å². The molecule has 0 aliphatic heterocycles. The summed E-state index contributed by atoms with van der Waals surface area (Å²) in [5.41, 5.74) is 2.87. The van der Waals surface area contributed by atoms with Gasteiger partial charge in [-0.05, 0) is 19.1 Å². The zero-order valence-corrected chi connectivity index (χ0v) is 9.84. The fourth-order valence-electron chi connectivity index (χ4n) is 1.47. The number of nitrogens with zero attached hydrogens (tertiary/aromatic N) is 2.